The minimum atomic E-state index is -5.04. The summed E-state index contributed by atoms with van der Waals surface area (Å²) < 4.78 is 101. The maximum Gasteiger partial charge on any atom is 0.416 e. The second-order valence-electron chi connectivity index (χ2n) is 12.6. The number of aryl methyl sites for hydroxylation is 1. The molecule has 1 fully saturated rings. The van der Waals surface area contributed by atoms with Crippen molar-refractivity contribution >= 4 is 23.4 Å². The van der Waals surface area contributed by atoms with Crippen LogP contribution in [0, 0.1) is 30.0 Å². The van der Waals surface area contributed by atoms with Crippen LogP contribution in [-0.4, -0.2) is 56.0 Å². The maximum absolute atomic E-state index is 14.1. The lowest BCUT2D eigenvalue weighted by Gasteiger charge is -2.36. The lowest BCUT2D eigenvalue weighted by atomic mass is 9.74. The quantitative estimate of drug-likeness (QED) is 0.209. The van der Waals surface area contributed by atoms with Gasteiger partial charge in [-0.3, -0.25) is 9.59 Å². The van der Waals surface area contributed by atoms with E-state index in [1.807, 2.05) is 4.90 Å². The van der Waals surface area contributed by atoms with Gasteiger partial charge in [0.05, 0.1) is 35.4 Å². The highest BCUT2D eigenvalue weighted by molar-refractivity contribution is 6.02. The van der Waals surface area contributed by atoms with E-state index in [0.29, 0.717) is 67.5 Å². The molecule has 0 saturated carbocycles. The van der Waals surface area contributed by atoms with Crippen molar-refractivity contribution in [2.24, 2.45) is 17.3 Å². The van der Waals surface area contributed by atoms with Crippen molar-refractivity contribution in [2.75, 3.05) is 36.5 Å². The molecule has 2 heterocycles. The molecule has 1 atom stereocenters. The molecule has 1 unspecified atom stereocenters. The van der Waals surface area contributed by atoms with Gasteiger partial charge in [-0.25, -0.2) is 9.37 Å². The summed E-state index contributed by atoms with van der Waals surface area (Å²) in [6.45, 7) is 7.52. The highest BCUT2D eigenvalue weighted by atomic mass is 19.4. The molecule has 1 aromatic heterocycles. The Morgan fingerprint density at radius 2 is 1.70 bits per heavy atom. The van der Waals surface area contributed by atoms with Crippen LogP contribution in [0.25, 0.3) is 11.1 Å². The predicted molar refractivity (Wildman–Crippen MR) is 164 cm³/mol. The Morgan fingerprint density at radius 3 is 2.28 bits per heavy atom. The minimum absolute atomic E-state index is 0.146. The highest BCUT2D eigenvalue weighted by Gasteiger charge is 2.48. The summed E-state index contributed by atoms with van der Waals surface area (Å²) in [4.78, 5) is 33.8. The number of ether oxygens (including phenoxy) is 1. The molecule has 4 rings (SSSR count). The topological polar surface area (TPSA) is 62.7 Å². The van der Waals surface area contributed by atoms with Crippen LogP contribution < -0.4 is 9.80 Å². The molecule has 1 saturated heterocycles. The van der Waals surface area contributed by atoms with Gasteiger partial charge in [-0.2, -0.15) is 26.3 Å². The smallest absolute Gasteiger partial charge is 0.416 e. The summed E-state index contributed by atoms with van der Waals surface area (Å²) >= 11 is 0. The number of rotatable bonds is 8. The van der Waals surface area contributed by atoms with Crippen LogP contribution in [0.5, 0.6) is 0 Å². The van der Waals surface area contributed by atoms with E-state index in [-0.39, 0.29) is 29.2 Å². The second-order valence-corrected chi connectivity index (χ2v) is 12.6. The van der Waals surface area contributed by atoms with E-state index in [1.165, 1.54) is 44.1 Å². The Kier molecular flexibility index (Phi) is 10.5. The third-order valence-electron chi connectivity index (χ3n) is 8.95. The summed E-state index contributed by atoms with van der Waals surface area (Å²) in [6, 6.07) is 5.86. The monoisotopic (exact) mass is 669 g/mol. The Morgan fingerprint density at radius 1 is 1.04 bits per heavy atom. The maximum atomic E-state index is 14.1. The Hall–Kier alpha value is -3.90. The number of allylic oxidation sites excluding steroid dienone is 3. The van der Waals surface area contributed by atoms with Crippen molar-refractivity contribution < 1.29 is 45.1 Å². The molecule has 6 nitrogen and oxygen atoms in total. The lowest BCUT2D eigenvalue weighted by Crippen LogP contribution is -2.42. The number of esters is 1. The molecule has 1 aliphatic heterocycles. The van der Waals surface area contributed by atoms with Crippen molar-refractivity contribution in [1.82, 2.24) is 4.98 Å². The molecule has 2 aromatic rings. The fraction of sp³-hybridized carbons (Fsp3) is 0.500. The Bertz CT molecular complexity index is 1550. The van der Waals surface area contributed by atoms with Gasteiger partial charge in [0, 0.05) is 32.1 Å². The molecule has 0 bridgehead atoms. The van der Waals surface area contributed by atoms with Crippen LogP contribution in [0.3, 0.4) is 0 Å². The number of nitrogens with zero attached hydrogens (tertiary/aromatic N) is 3. The zero-order valence-corrected chi connectivity index (χ0v) is 26.9. The molecule has 0 spiro atoms. The normalized spacial score (nSPS) is 18.0. The standard InChI is InChI=1S/C34H38F7N3O3/c1-6-47-30(45)14-21-9-11-44(12-10-21)29-18-27(26-8-7-25(35)13-20(26)2)28(19-42-29)43(5)31(46)32(3,4)22-15-23(33(36,37)38)17-24(16-22)34(39,40)41/h7-8,13,15,17-19,21,24H,6,9-12,14,16H2,1-5H3. The molecule has 1 aliphatic carbocycles. The molecule has 256 valence electrons. The number of pyridine rings is 1. The molecule has 0 radical (unpaired) electrons. The van der Waals surface area contributed by atoms with Gasteiger partial charge < -0.3 is 14.5 Å². The molecule has 13 heteroatoms. The van der Waals surface area contributed by atoms with Gasteiger partial charge in [-0.05, 0) is 82.2 Å². The van der Waals surface area contributed by atoms with E-state index in [2.05, 4.69) is 4.98 Å². The van der Waals surface area contributed by atoms with Crippen LogP contribution in [-0.2, 0) is 14.3 Å². The molecular weight excluding hydrogens is 631 g/mol. The fourth-order valence-corrected chi connectivity index (χ4v) is 6.14. The van der Waals surface area contributed by atoms with Crippen LogP contribution in [0.15, 0.2) is 53.8 Å². The number of piperidine rings is 1. The number of hydrogen-bond donors (Lipinski definition) is 0. The number of alkyl halides is 6. The van der Waals surface area contributed by atoms with E-state index < -0.39 is 47.4 Å². The average Bonchev–Trinajstić information content (AvgIpc) is 2.99. The molecule has 0 N–H and O–H groups in total. The first-order chi connectivity index (χ1) is 21.8. The van der Waals surface area contributed by atoms with Crippen molar-refractivity contribution in [3.8, 4) is 11.1 Å². The van der Waals surface area contributed by atoms with E-state index in [9.17, 15) is 40.3 Å². The number of carbonyl (C=O) groups is 2. The van der Waals surface area contributed by atoms with Gasteiger partial charge in [0.25, 0.3) is 0 Å². The molecule has 47 heavy (non-hydrogen) atoms. The number of carbonyl (C=O) groups excluding carboxylic acids is 2. The molecule has 1 aromatic carbocycles. The second kappa shape index (κ2) is 13.7. The van der Waals surface area contributed by atoms with Crippen molar-refractivity contribution in [2.45, 2.75) is 65.7 Å². The highest BCUT2D eigenvalue weighted by Crippen LogP contribution is 2.46. The summed E-state index contributed by atoms with van der Waals surface area (Å²) in [6.07, 6.45) is -6.83. The van der Waals surface area contributed by atoms with Gasteiger partial charge in [-0.15, -0.1) is 0 Å². The molecule has 1 amide bonds. The zero-order valence-electron chi connectivity index (χ0n) is 26.9. The van der Waals surface area contributed by atoms with Crippen molar-refractivity contribution in [3.05, 3.63) is 65.1 Å². The largest absolute Gasteiger partial charge is 0.466 e. The van der Waals surface area contributed by atoms with Crippen LogP contribution in [0.1, 0.15) is 52.0 Å². The van der Waals surface area contributed by atoms with Crippen LogP contribution in [0.2, 0.25) is 0 Å². The number of hydrogen-bond acceptors (Lipinski definition) is 5. The lowest BCUT2D eigenvalue weighted by molar-refractivity contribution is -0.163. The fourth-order valence-electron chi connectivity index (χ4n) is 6.14. The summed E-state index contributed by atoms with van der Waals surface area (Å²) in [5, 5.41) is 0. The Labute approximate surface area is 269 Å². The first kappa shape index (κ1) is 35.9. The number of benzene rings is 1. The van der Waals surface area contributed by atoms with E-state index in [4.69, 9.17) is 4.74 Å². The summed E-state index contributed by atoms with van der Waals surface area (Å²) in [7, 11) is 1.38. The third kappa shape index (κ3) is 8.16. The first-order valence-corrected chi connectivity index (χ1v) is 15.3. The Balaban J connectivity index is 1.69. The number of amides is 1. The molecular formula is C34H38F7N3O3. The first-order valence-electron chi connectivity index (χ1n) is 15.3. The van der Waals surface area contributed by atoms with Gasteiger partial charge >= 0.3 is 18.3 Å². The number of anilines is 2. The number of halogens is 7. The molecule has 2 aliphatic rings. The van der Waals surface area contributed by atoms with Crippen LogP contribution >= 0.6 is 0 Å². The summed E-state index contributed by atoms with van der Waals surface area (Å²) in [5.41, 5.74) is -1.69. The van der Waals surface area contributed by atoms with Gasteiger partial charge in [0.15, 0.2) is 0 Å². The average molecular weight is 670 g/mol. The predicted octanol–water partition coefficient (Wildman–Crippen LogP) is 8.35. The van der Waals surface area contributed by atoms with Crippen molar-refractivity contribution in [1.29, 1.82) is 0 Å². The van der Waals surface area contributed by atoms with E-state index >= 15 is 0 Å². The van der Waals surface area contributed by atoms with Crippen molar-refractivity contribution in [3.63, 3.8) is 0 Å². The van der Waals surface area contributed by atoms with Crippen LogP contribution in [0.4, 0.5) is 42.2 Å². The van der Waals surface area contributed by atoms with E-state index in [1.54, 1.807) is 26.0 Å². The minimum Gasteiger partial charge on any atom is -0.466 e. The third-order valence-corrected chi connectivity index (χ3v) is 8.95. The van der Waals surface area contributed by atoms with Gasteiger partial charge in [-0.1, -0.05) is 23.8 Å². The van der Waals surface area contributed by atoms with E-state index in [0.717, 1.165) is 0 Å². The van der Waals surface area contributed by atoms with Gasteiger partial charge in [0.2, 0.25) is 5.91 Å². The number of aromatic nitrogens is 1. The summed E-state index contributed by atoms with van der Waals surface area (Å²) in [5.74, 6) is -3.17. The SMILES string of the molecule is CCOC(=O)CC1CCN(c2cc(-c3ccc(F)cc3C)c(N(C)C(=O)C(C)(C)C3=CC(C(F)(F)F)=CC(C(F)(F)F)C3)cn2)CC1. The van der Waals surface area contributed by atoms with Gasteiger partial charge in [0.1, 0.15) is 11.6 Å². The zero-order chi connectivity index (χ0) is 34.9.